The fourth-order valence-corrected chi connectivity index (χ4v) is 3.26. The topological polar surface area (TPSA) is 24.5 Å². The number of nitrogens with zero attached hydrogens (tertiary/aromatic N) is 1. The van der Waals surface area contributed by atoms with Crippen LogP contribution in [0.2, 0.25) is 0 Å². The summed E-state index contributed by atoms with van der Waals surface area (Å²) in [6.07, 6.45) is 0.957. The second kappa shape index (κ2) is 7.34. The van der Waals surface area contributed by atoms with E-state index in [0.717, 1.165) is 44.8 Å². The average molecular weight is 294 g/mol. The summed E-state index contributed by atoms with van der Waals surface area (Å²) in [6.45, 7) is 10.6. The summed E-state index contributed by atoms with van der Waals surface area (Å²) in [6, 6.07) is 7.09. The first-order chi connectivity index (χ1) is 10.1. The predicted octanol–water partition coefficient (Wildman–Crippen LogP) is 2.98. The van der Waals surface area contributed by atoms with Crippen molar-refractivity contribution in [3.05, 3.63) is 35.6 Å². The van der Waals surface area contributed by atoms with Crippen LogP contribution < -0.4 is 5.32 Å². The molecule has 1 N–H and O–H groups in total. The number of rotatable bonds is 6. The molecule has 4 heteroatoms. The number of likely N-dealkylation sites (N-methyl/N-ethyl adjacent to an activating group) is 1. The third kappa shape index (κ3) is 3.44. The van der Waals surface area contributed by atoms with Crippen LogP contribution in [0.5, 0.6) is 0 Å². The normalized spacial score (nSPS) is 21.0. The van der Waals surface area contributed by atoms with E-state index in [1.54, 1.807) is 12.1 Å². The van der Waals surface area contributed by atoms with E-state index >= 15 is 0 Å². The van der Waals surface area contributed by atoms with Gasteiger partial charge in [-0.15, -0.1) is 0 Å². The van der Waals surface area contributed by atoms with Crippen LogP contribution in [0.4, 0.5) is 4.39 Å². The summed E-state index contributed by atoms with van der Waals surface area (Å²) in [4.78, 5) is 2.44. The van der Waals surface area contributed by atoms with E-state index < -0.39 is 0 Å². The monoisotopic (exact) mass is 294 g/mol. The molecule has 118 valence electrons. The van der Waals surface area contributed by atoms with Crippen molar-refractivity contribution in [1.29, 1.82) is 0 Å². The van der Waals surface area contributed by atoms with Gasteiger partial charge in [0.05, 0.1) is 19.3 Å². The second-order valence-electron chi connectivity index (χ2n) is 5.82. The highest BCUT2D eigenvalue weighted by molar-refractivity contribution is 5.25. The number of nitrogens with one attached hydrogen (secondary N) is 1. The van der Waals surface area contributed by atoms with Crippen molar-refractivity contribution in [2.45, 2.75) is 38.8 Å². The highest BCUT2D eigenvalue weighted by Gasteiger charge is 2.40. The molecule has 0 bridgehead atoms. The van der Waals surface area contributed by atoms with E-state index in [4.69, 9.17) is 4.74 Å². The van der Waals surface area contributed by atoms with Crippen LogP contribution in [0, 0.1) is 5.82 Å². The lowest BCUT2D eigenvalue weighted by molar-refractivity contribution is -0.0331. The highest BCUT2D eigenvalue weighted by atomic mass is 19.1. The van der Waals surface area contributed by atoms with Gasteiger partial charge < -0.3 is 10.1 Å². The maximum Gasteiger partial charge on any atom is 0.128 e. The van der Waals surface area contributed by atoms with Crippen LogP contribution in [0.3, 0.4) is 0 Å². The van der Waals surface area contributed by atoms with E-state index in [-0.39, 0.29) is 17.4 Å². The first kappa shape index (κ1) is 16.4. The fraction of sp³-hybridized carbons (Fsp3) is 0.647. The van der Waals surface area contributed by atoms with Gasteiger partial charge >= 0.3 is 0 Å². The molecule has 1 fully saturated rings. The van der Waals surface area contributed by atoms with Gasteiger partial charge in [0.1, 0.15) is 5.82 Å². The van der Waals surface area contributed by atoms with E-state index in [2.05, 4.69) is 31.0 Å². The number of morpholine rings is 1. The van der Waals surface area contributed by atoms with Crippen molar-refractivity contribution in [3.8, 4) is 0 Å². The molecule has 0 aliphatic carbocycles. The molecule has 2 unspecified atom stereocenters. The summed E-state index contributed by atoms with van der Waals surface area (Å²) in [5.41, 5.74) is 0.636. The number of ether oxygens (including phenoxy) is 1. The highest BCUT2D eigenvalue weighted by Crippen LogP contribution is 2.35. The van der Waals surface area contributed by atoms with Gasteiger partial charge in [-0.1, -0.05) is 32.0 Å². The van der Waals surface area contributed by atoms with Crippen molar-refractivity contribution in [2.75, 3.05) is 32.8 Å². The third-order valence-corrected chi connectivity index (χ3v) is 4.70. The summed E-state index contributed by atoms with van der Waals surface area (Å²) in [7, 11) is 0. The number of halogens is 1. The van der Waals surface area contributed by atoms with Crippen LogP contribution in [0.1, 0.15) is 38.8 Å². The van der Waals surface area contributed by atoms with E-state index in [0.29, 0.717) is 0 Å². The van der Waals surface area contributed by atoms with Crippen molar-refractivity contribution < 1.29 is 9.13 Å². The molecule has 1 aromatic rings. The zero-order chi connectivity index (χ0) is 15.3. The molecule has 0 spiro atoms. The Morgan fingerprint density at radius 3 is 2.52 bits per heavy atom. The molecule has 1 heterocycles. The minimum Gasteiger partial charge on any atom is -0.379 e. The minimum absolute atomic E-state index is 0.0215. The largest absolute Gasteiger partial charge is 0.379 e. The maximum absolute atomic E-state index is 14.3. The molecule has 1 aliphatic rings. The standard InChI is InChI=1S/C17H27FN2O/c1-4-17(3,20-10-12-21-13-11-20)16(19-5-2)14-8-6-7-9-15(14)18/h6-9,16,19H,4-5,10-13H2,1-3H3. The van der Waals surface area contributed by atoms with Gasteiger partial charge in [0, 0.05) is 24.2 Å². The van der Waals surface area contributed by atoms with Crippen LogP contribution in [-0.4, -0.2) is 43.3 Å². The van der Waals surface area contributed by atoms with Crippen LogP contribution in [0.15, 0.2) is 24.3 Å². The Labute approximate surface area is 127 Å². The summed E-state index contributed by atoms with van der Waals surface area (Å²) in [5.74, 6) is -0.128. The number of hydrogen-bond donors (Lipinski definition) is 1. The molecule has 0 radical (unpaired) electrons. The van der Waals surface area contributed by atoms with Crippen molar-refractivity contribution in [2.24, 2.45) is 0 Å². The van der Waals surface area contributed by atoms with Gasteiger partial charge in [0.25, 0.3) is 0 Å². The van der Waals surface area contributed by atoms with Gasteiger partial charge in [-0.25, -0.2) is 4.39 Å². The van der Waals surface area contributed by atoms with Gasteiger partial charge in [-0.3, -0.25) is 4.90 Å². The average Bonchev–Trinajstić information content (AvgIpc) is 2.53. The zero-order valence-corrected chi connectivity index (χ0v) is 13.4. The lowest BCUT2D eigenvalue weighted by Gasteiger charge is -2.48. The number of benzene rings is 1. The zero-order valence-electron chi connectivity index (χ0n) is 13.4. The Morgan fingerprint density at radius 2 is 1.95 bits per heavy atom. The van der Waals surface area contributed by atoms with Crippen LogP contribution in [-0.2, 0) is 4.74 Å². The lowest BCUT2D eigenvalue weighted by atomic mass is 9.82. The van der Waals surface area contributed by atoms with Crippen LogP contribution >= 0.6 is 0 Å². The van der Waals surface area contributed by atoms with Gasteiger partial charge in [-0.05, 0) is 26.0 Å². The SMILES string of the molecule is CCNC(c1ccccc1F)C(C)(CC)N1CCOCC1. The van der Waals surface area contributed by atoms with Crippen molar-refractivity contribution in [1.82, 2.24) is 10.2 Å². The Hall–Kier alpha value is -0.970. The number of hydrogen-bond acceptors (Lipinski definition) is 3. The van der Waals surface area contributed by atoms with Crippen LogP contribution in [0.25, 0.3) is 0 Å². The molecule has 21 heavy (non-hydrogen) atoms. The lowest BCUT2D eigenvalue weighted by Crippen LogP contribution is -2.57. The maximum atomic E-state index is 14.3. The Balaban J connectivity index is 2.35. The third-order valence-electron chi connectivity index (χ3n) is 4.70. The second-order valence-corrected chi connectivity index (χ2v) is 5.82. The molecule has 2 atom stereocenters. The van der Waals surface area contributed by atoms with E-state index in [9.17, 15) is 4.39 Å². The molecular weight excluding hydrogens is 267 g/mol. The fourth-order valence-electron chi connectivity index (χ4n) is 3.26. The molecule has 1 saturated heterocycles. The molecule has 0 amide bonds. The Morgan fingerprint density at radius 1 is 1.29 bits per heavy atom. The van der Waals surface area contributed by atoms with Crippen molar-refractivity contribution in [3.63, 3.8) is 0 Å². The Bertz CT molecular complexity index is 448. The quantitative estimate of drug-likeness (QED) is 0.873. The molecule has 1 aliphatic heterocycles. The van der Waals surface area contributed by atoms with Gasteiger partial charge in [0.15, 0.2) is 0 Å². The summed E-state index contributed by atoms with van der Waals surface area (Å²) < 4.78 is 19.8. The predicted molar refractivity (Wildman–Crippen MR) is 83.9 cm³/mol. The first-order valence-corrected chi connectivity index (χ1v) is 7.94. The minimum atomic E-state index is -0.128. The summed E-state index contributed by atoms with van der Waals surface area (Å²) in [5, 5.41) is 3.51. The van der Waals surface area contributed by atoms with Crippen molar-refractivity contribution >= 4 is 0 Å². The first-order valence-electron chi connectivity index (χ1n) is 7.94. The van der Waals surface area contributed by atoms with Gasteiger partial charge in [-0.2, -0.15) is 0 Å². The summed E-state index contributed by atoms with van der Waals surface area (Å²) >= 11 is 0. The Kier molecular flexibility index (Phi) is 5.73. The molecule has 2 rings (SSSR count). The molecule has 0 aromatic heterocycles. The van der Waals surface area contributed by atoms with Gasteiger partial charge in [0.2, 0.25) is 0 Å². The van der Waals surface area contributed by atoms with E-state index in [1.165, 1.54) is 0 Å². The smallest absolute Gasteiger partial charge is 0.128 e. The van der Waals surface area contributed by atoms with E-state index in [1.807, 2.05) is 12.1 Å². The molecule has 1 aromatic carbocycles. The molecule has 0 saturated carbocycles. The molecule has 3 nitrogen and oxygen atoms in total. The molecular formula is C17H27FN2O.